The van der Waals surface area contributed by atoms with E-state index in [1.165, 1.54) is 11.5 Å². The molecule has 1 heterocycles. The fourth-order valence-corrected chi connectivity index (χ4v) is 1.41. The lowest BCUT2D eigenvalue weighted by Crippen LogP contribution is -1.91. The third-order valence-corrected chi connectivity index (χ3v) is 2.24. The summed E-state index contributed by atoms with van der Waals surface area (Å²) in [6, 6.07) is 7.90. The molecule has 0 aliphatic carbocycles. The molecule has 1 aromatic heterocycles. The van der Waals surface area contributed by atoms with Gasteiger partial charge in [-0.1, -0.05) is 9.59 Å². The maximum absolute atomic E-state index is 3.78. The van der Waals surface area contributed by atoms with Gasteiger partial charge in [-0.05, 0) is 29.5 Å². The van der Waals surface area contributed by atoms with E-state index in [-0.39, 0.29) is 0 Å². The van der Waals surface area contributed by atoms with Gasteiger partial charge in [0.25, 0.3) is 0 Å². The highest BCUT2D eigenvalue weighted by Crippen LogP contribution is 2.18. The Balaban J connectivity index is 2.10. The van der Waals surface area contributed by atoms with Gasteiger partial charge in [-0.3, -0.25) is 0 Å². The fourth-order valence-electron chi connectivity index (χ4n) is 1.03. The van der Waals surface area contributed by atoms with E-state index in [1.807, 2.05) is 31.3 Å². The van der Waals surface area contributed by atoms with E-state index in [1.54, 1.807) is 0 Å². The minimum Gasteiger partial charge on any atom is -0.388 e. The average Bonchev–Trinajstić information content (AvgIpc) is 2.72. The van der Waals surface area contributed by atoms with Crippen LogP contribution in [0.2, 0.25) is 0 Å². The van der Waals surface area contributed by atoms with Crippen LogP contribution < -0.4 is 10.6 Å². The molecule has 0 aliphatic rings. The Morgan fingerprint density at radius 2 is 1.86 bits per heavy atom. The molecule has 2 rings (SSSR count). The second-order valence-electron chi connectivity index (χ2n) is 2.62. The Hall–Kier alpha value is -1.69. The summed E-state index contributed by atoms with van der Waals surface area (Å²) >= 11 is 1.23. The lowest BCUT2D eigenvalue weighted by Gasteiger charge is -2.02. The van der Waals surface area contributed by atoms with Crippen molar-refractivity contribution in [3.63, 3.8) is 0 Å². The van der Waals surface area contributed by atoms with E-state index in [9.17, 15) is 0 Å². The minimum atomic E-state index is 0.696. The molecule has 72 valence electrons. The molecule has 0 aliphatic heterocycles. The van der Waals surface area contributed by atoms with E-state index >= 15 is 0 Å². The van der Waals surface area contributed by atoms with Crippen LogP contribution in [0.3, 0.4) is 0 Å². The summed E-state index contributed by atoms with van der Waals surface area (Å²) in [4.78, 5) is 0. The number of nitrogens with zero attached hydrogens (tertiary/aromatic N) is 3. The van der Waals surface area contributed by atoms with E-state index in [2.05, 4.69) is 25.4 Å². The SMILES string of the molecule is CNc1ccc(Nc2nnns2)cc1. The molecular weight excluding hydrogens is 198 g/mol. The Bertz CT molecular complexity index is 383. The average molecular weight is 207 g/mol. The highest BCUT2D eigenvalue weighted by atomic mass is 32.1. The van der Waals surface area contributed by atoms with Crippen molar-refractivity contribution in [1.29, 1.82) is 0 Å². The van der Waals surface area contributed by atoms with Crippen molar-refractivity contribution in [3.05, 3.63) is 24.3 Å². The summed E-state index contributed by atoms with van der Waals surface area (Å²) in [5, 5.41) is 14.1. The lowest BCUT2D eigenvalue weighted by atomic mass is 10.3. The zero-order valence-electron chi connectivity index (χ0n) is 7.56. The van der Waals surface area contributed by atoms with Gasteiger partial charge < -0.3 is 10.6 Å². The highest BCUT2D eigenvalue weighted by Gasteiger charge is 1.97. The van der Waals surface area contributed by atoms with Crippen LogP contribution in [-0.2, 0) is 0 Å². The first-order chi connectivity index (χ1) is 6.88. The van der Waals surface area contributed by atoms with Crippen LogP contribution in [0, 0.1) is 0 Å². The monoisotopic (exact) mass is 207 g/mol. The third-order valence-electron chi connectivity index (χ3n) is 1.72. The molecule has 2 aromatic rings. The van der Waals surface area contributed by atoms with E-state index in [4.69, 9.17) is 0 Å². The van der Waals surface area contributed by atoms with Gasteiger partial charge in [0.05, 0.1) is 0 Å². The van der Waals surface area contributed by atoms with Crippen LogP contribution in [0.15, 0.2) is 24.3 Å². The zero-order valence-corrected chi connectivity index (χ0v) is 8.38. The maximum Gasteiger partial charge on any atom is 0.229 e. The standard InChI is InChI=1S/C8H9N5S/c1-9-6-2-4-7(5-3-6)10-8-11-12-13-14-8/h2-5,9H,1H3,(H,10,11,13). The van der Waals surface area contributed by atoms with Crippen LogP contribution in [0.1, 0.15) is 0 Å². The van der Waals surface area contributed by atoms with E-state index in [0.717, 1.165) is 11.4 Å². The first kappa shape index (κ1) is 8.89. The molecule has 0 saturated heterocycles. The molecule has 2 N–H and O–H groups in total. The fraction of sp³-hybridized carbons (Fsp3) is 0.125. The van der Waals surface area contributed by atoms with Crippen molar-refractivity contribution in [3.8, 4) is 0 Å². The summed E-state index contributed by atoms with van der Waals surface area (Å²) in [7, 11) is 1.89. The largest absolute Gasteiger partial charge is 0.388 e. The number of aromatic nitrogens is 3. The van der Waals surface area contributed by atoms with Crippen LogP contribution in [-0.4, -0.2) is 21.8 Å². The molecule has 0 bridgehead atoms. The summed E-state index contributed by atoms with van der Waals surface area (Å²) in [5.41, 5.74) is 2.05. The van der Waals surface area contributed by atoms with Crippen molar-refractivity contribution in [1.82, 2.24) is 14.8 Å². The number of anilines is 3. The van der Waals surface area contributed by atoms with Gasteiger partial charge in [-0.25, -0.2) is 0 Å². The smallest absolute Gasteiger partial charge is 0.229 e. The first-order valence-electron chi connectivity index (χ1n) is 4.08. The van der Waals surface area contributed by atoms with E-state index in [0.29, 0.717) is 5.13 Å². The number of hydrogen-bond acceptors (Lipinski definition) is 6. The van der Waals surface area contributed by atoms with Gasteiger partial charge in [0.2, 0.25) is 5.13 Å². The van der Waals surface area contributed by atoms with E-state index < -0.39 is 0 Å². The molecule has 0 amide bonds. The van der Waals surface area contributed by atoms with Crippen LogP contribution in [0.5, 0.6) is 0 Å². The maximum atomic E-state index is 3.78. The summed E-state index contributed by atoms with van der Waals surface area (Å²) < 4.78 is 3.66. The zero-order chi connectivity index (χ0) is 9.80. The van der Waals surface area contributed by atoms with Crippen molar-refractivity contribution in [2.45, 2.75) is 0 Å². The topological polar surface area (TPSA) is 62.7 Å². The summed E-state index contributed by atoms with van der Waals surface area (Å²) in [5.74, 6) is 0. The molecule has 0 atom stereocenters. The summed E-state index contributed by atoms with van der Waals surface area (Å²) in [6.07, 6.45) is 0. The molecule has 14 heavy (non-hydrogen) atoms. The normalized spacial score (nSPS) is 9.79. The Morgan fingerprint density at radius 3 is 2.43 bits per heavy atom. The number of nitrogens with one attached hydrogen (secondary N) is 2. The number of hydrogen-bond donors (Lipinski definition) is 2. The quantitative estimate of drug-likeness (QED) is 0.802. The molecule has 5 nitrogen and oxygen atoms in total. The number of rotatable bonds is 3. The van der Waals surface area contributed by atoms with Gasteiger partial charge in [0, 0.05) is 30.0 Å². The van der Waals surface area contributed by atoms with Crippen molar-refractivity contribution in [2.24, 2.45) is 0 Å². The van der Waals surface area contributed by atoms with Crippen molar-refractivity contribution in [2.75, 3.05) is 17.7 Å². The molecule has 0 spiro atoms. The summed E-state index contributed by atoms with van der Waals surface area (Å²) in [6.45, 7) is 0. The molecule has 0 saturated carbocycles. The van der Waals surface area contributed by atoms with Gasteiger partial charge in [-0.2, -0.15) is 0 Å². The molecule has 0 radical (unpaired) electrons. The number of benzene rings is 1. The predicted molar refractivity (Wildman–Crippen MR) is 57.0 cm³/mol. The van der Waals surface area contributed by atoms with Crippen molar-refractivity contribution >= 4 is 28.0 Å². The molecule has 6 heteroatoms. The van der Waals surface area contributed by atoms with Crippen LogP contribution >= 0.6 is 11.5 Å². The van der Waals surface area contributed by atoms with Crippen molar-refractivity contribution < 1.29 is 0 Å². The Morgan fingerprint density at radius 1 is 1.14 bits per heavy atom. The Kier molecular flexibility index (Phi) is 2.55. The Labute approximate surface area is 85.3 Å². The second kappa shape index (κ2) is 4.01. The third kappa shape index (κ3) is 1.97. The second-order valence-corrected chi connectivity index (χ2v) is 3.35. The predicted octanol–water partition coefficient (Wildman–Crippen LogP) is 1.72. The highest BCUT2D eigenvalue weighted by molar-refractivity contribution is 7.09. The van der Waals surface area contributed by atoms with Gasteiger partial charge in [0.15, 0.2) is 0 Å². The lowest BCUT2D eigenvalue weighted by molar-refractivity contribution is 0.961. The molecule has 0 unspecified atom stereocenters. The van der Waals surface area contributed by atoms with Crippen LogP contribution in [0.4, 0.5) is 16.5 Å². The van der Waals surface area contributed by atoms with Gasteiger partial charge in [-0.15, -0.1) is 0 Å². The molecular formula is C8H9N5S. The van der Waals surface area contributed by atoms with Gasteiger partial charge >= 0.3 is 0 Å². The minimum absolute atomic E-state index is 0.696. The van der Waals surface area contributed by atoms with Crippen LogP contribution in [0.25, 0.3) is 0 Å². The van der Waals surface area contributed by atoms with Gasteiger partial charge in [0.1, 0.15) is 0 Å². The first-order valence-corrected chi connectivity index (χ1v) is 4.86. The molecule has 0 fully saturated rings. The molecule has 1 aromatic carbocycles.